The molecule has 2 fully saturated rings. The fourth-order valence-corrected chi connectivity index (χ4v) is 6.59. The highest BCUT2D eigenvalue weighted by molar-refractivity contribution is 7.17. The van der Waals surface area contributed by atoms with Crippen molar-refractivity contribution in [3.8, 4) is 5.88 Å². The first-order valence-electron chi connectivity index (χ1n) is 12.1. The minimum absolute atomic E-state index is 0.136. The van der Waals surface area contributed by atoms with Crippen LogP contribution >= 0.6 is 11.3 Å². The molecule has 6 nitrogen and oxygen atoms in total. The molecule has 0 amide bonds. The quantitative estimate of drug-likeness (QED) is 0.482. The number of piperazine rings is 1. The van der Waals surface area contributed by atoms with E-state index in [1.165, 1.54) is 6.21 Å². The molecule has 13 heteroatoms. The standard InChI is InChI=1S/C26H21F6N5OS/c1-36-11-18-9-17(36)12-37(18)24-34-23(38)22(39-24)19(13-3-5-21-15(6-13)10-33-35-21)7-14-2-4-16(25(27,28)29)8-20(14)26(30,31)32/h2-6,8,10,17-18,38H,7,9,11-12H2,1H3. The summed E-state index contributed by atoms with van der Waals surface area (Å²) in [6, 6.07) is 7.19. The lowest BCUT2D eigenvalue weighted by atomic mass is 9.94. The molecule has 0 aliphatic carbocycles. The number of hydrogen-bond donors (Lipinski definition) is 1. The third kappa shape index (κ3) is 4.67. The third-order valence-electron chi connectivity index (χ3n) is 7.48. The molecule has 3 aliphatic rings. The van der Waals surface area contributed by atoms with Crippen LogP contribution in [0.3, 0.4) is 0 Å². The number of nitrogens with zero attached hydrogens (tertiary/aromatic N) is 5. The van der Waals surface area contributed by atoms with Gasteiger partial charge in [-0.3, -0.25) is 4.90 Å². The van der Waals surface area contributed by atoms with E-state index in [9.17, 15) is 31.4 Å². The second-order valence-electron chi connectivity index (χ2n) is 9.93. The molecule has 2 saturated heterocycles. The van der Waals surface area contributed by atoms with Crippen LogP contribution in [0, 0.1) is 0 Å². The maximum Gasteiger partial charge on any atom is 0.416 e. The summed E-state index contributed by atoms with van der Waals surface area (Å²) in [7, 11) is 2.05. The summed E-state index contributed by atoms with van der Waals surface area (Å²) in [5.41, 5.74) is -2.16. The van der Waals surface area contributed by atoms with Crippen LogP contribution in [-0.2, 0) is 18.8 Å². The first kappa shape index (κ1) is 25.8. The number of fused-ring (bicyclic) bond motifs is 3. The molecule has 1 N–H and O–H groups in total. The summed E-state index contributed by atoms with van der Waals surface area (Å²) in [5, 5.41) is 20.4. The molecule has 0 radical (unpaired) electrons. The predicted octanol–water partition coefficient (Wildman–Crippen LogP) is 4.19. The van der Waals surface area contributed by atoms with E-state index in [-0.39, 0.29) is 34.8 Å². The van der Waals surface area contributed by atoms with Gasteiger partial charge in [0, 0.05) is 37.2 Å². The molecule has 2 unspecified atom stereocenters. The van der Waals surface area contributed by atoms with Crippen LogP contribution in [0.25, 0.3) is 5.57 Å². The molecule has 2 aromatic carbocycles. The van der Waals surface area contributed by atoms with Gasteiger partial charge in [0.1, 0.15) is 0 Å². The van der Waals surface area contributed by atoms with Gasteiger partial charge in [0.2, 0.25) is 5.88 Å². The summed E-state index contributed by atoms with van der Waals surface area (Å²) >= 11 is 1.16. The number of rotatable bonds is 4. The highest BCUT2D eigenvalue weighted by atomic mass is 32.1. The Balaban J connectivity index is 1.49. The molecular formula is C26H21F6N5OS. The van der Waals surface area contributed by atoms with Crippen LogP contribution in [0.4, 0.5) is 31.5 Å². The lowest BCUT2D eigenvalue weighted by Crippen LogP contribution is -2.44. The number of likely N-dealkylation sites (tertiary alicyclic amines) is 1. The zero-order chi connectivity index (χ0) is 27.7. The van der Waals surface area contributed by atoms with E-state index < -0.39 is 23.5 Å². The van der Waals surface area contributed by atoms with Crippen LogP contribution in [0.5, 0.6) is 5.88 Å². The zero-order valence-corrected chi connectivity index (χ0v) is 21.2. The largest absolute Gasteiger partial charge is 0.492 e. The average molecular weight is 566 g/mol. The SMILES string of the molecule is CN1CC2CC1CN2c1nc(O)c(C(Cc2ccc(C(F)(F)F)cc2C(F)(F)F)=c2ccc3c(c2)C=NN=3)s1. The van der Waals surface area contributed by atoms with Crippen LogP contribution in [0.1, 0.15) is 33.6 Å². The summed E-state index contributed by atoms with van der Waals surface area (Å²) < 4.78 is 81.7. The smallest absolute Gasteiger partial charge is 0.416 e. The summed E-state index contributed by atoms with van der Waals surface area (Å²) in [5.74, 6) is -0.333. The maximum absolute atomic E-state index is 14.0. The predicted molar refractivity (Wildman–Crippen MR) is 133 cm³/mol. The number of thiazole rings is 1. The Morgan fingerprint density at radius 2 is 1.82 bits per heavy atom. The second kappa shape index (κ2) is 9.05. The zero-order valence-electron chi connectivity index (χ0n) is 20.4. The molecule has 1 aromatic heterocycles. The fourth-order valence-electron chi connectivity index (χ4n) is 5.49. The van der Waals surface area contributed by atoms with Gasteiger partial charge in [0.25, 0.3) is 0 Å². The van der Waals surface area contributed by atoms with E-state index in [1.807, 2.05) is 7.05 Å². The van der Waals surface area contributed by atoms with Crippen molar-refractivity contribution in [1.82, 2.24) is 9.88 Å². The van der Waals surface area contributed by atoms with Gasteiger partial charge in [-0.25, -0.2) is 0 Å². The van der Waals surface area contributed by atoms with Gasteiger partial charge in [-0.05, 0) is 54.1 Å². The molecule has 39 heavy (non-hydrogen) atoms. The lowest BCUT2D eigenvalue weighted by molar-refractivity contribution is -0.143. The number of anilines is 1. The molecular weight excluding hydrogens is 544 g/mol. The van der Waals surface area contributed by atoms with Gasteiger partial charge < -0.3 is 10.0 Å². The van der Waals surface area contributed by atoms with E-state index >= 15 is 0 Å². The minimum atomic E-state index is -5.02. The Kier molecular flexibility index (Phi) is 5.99. The molecule has 3 aliphatic heterocycles. The number of hydrogen-bond acceptors (Lipinski definition) is 7. The Morgan fingerprint density at radius 1 is 1.03 bits per heavy atom. The minimum Gasteiger partial charge on any atom is -0.492 e. The normalized spacial score (nSPS) is 21.5. The topological polar surface area (TPSA) is 64.3 Å². The maximum atomic E-state index is 14.0. The number of halogens is 6. The van der Waals surface area contributed by atoms with Gasteiger partial charge in [-0.15, -0.1) is 0 Å². The molecule has 2 bridgehead atoms. The fraction of sp³-hybridized carbons (Fsp3) is 0.346. The third-order valence-corrected chi connectivity index (χ3v) is 8.62. The van der Waals surface area contributed by atoms with Crippen LogP contribution < -0.4 is 15.5 Å². The van der Waals surface area contributed by atoms with Gasteiger partial charge in [0.15, 0.2) is 5.13 Å². The van der Waals surface area contributed by atoms with E-state index in [0.717, 1.165) is 36.9 Å². The Morgan fingerprint density at radius 3 is 2.49 bits per heavy atom. The van der Waals surface area contributed by atoms with Gasteiger partial charge in [0.05, 0.1) is 27.6 Å². The Bertz CT molecular complexity index is 1610. The molecule has 2 atom stereocenters. The first-order valence-corrected chi connectivity index (χ1v) is 12.9. The van der Waals surface area contributed by atoms with Crippen molar-refractivity contribution in [2.45, 2.75) is 37.3 Å². The lowest BCUT2D eigenvalue weighted by Gasteiger charge is -2.31. The van der Waals surface area contributed by atoms with Crippen LogP contribution in [0.15, 0.2) is 46.6 Å². The number of aromatic hydroxyl groups is 1. The monoisotopic (exact) mass is 565 g/mol. The van der Waals surface area contributed by atoms with Crippen molar-refractivity contribution >= 4 is 28.3 Å². The van der Waals surface area contributed by atoms with E-state index in [1.54, 1.807) is 18.2 Å². The van der Waals surface area contributed by atoms with Crippen molar-refractivity contribution < 1.29 is 31.4 Å². The van der Waals surface area contributed by atoms with E-state index in [2.05, 4.69) is 25.0 Å². The van der Waals surface area contributed by atoms with Crippen LogP contribution in [-0.4, -0.2) is 53.4 Å². The second-order valence-corrected chi connectivity index (χ2v) is 10.9. The van der Waals surface area contributed by atoms with Gasteiger partial charge in [-0.2, -0.15) is 41.5 Å². The average Bonchev–Trinajstić information content (AvgIpc) is 3.64. The molecule has 0 saturated carbocycles. The van der Waals surface area contributed by atoms with Crippen molar-refractivity contribution in [2.24, 2.45) is 10.2 Å². The number of likely N-dealkylation sites (N-methyl/N-ethyl adjacent to an activating group) is 1. The van der Waals surface area contributed by atoms with Gasteiger partial charge >= 0.3 is 12.4 Å². The highest BCUT2D eigenvalue weighted by Gasteiger charge is 2.43. The van der Waals surface area contributed by atoms with Crippen molar-refractivity contribution in [2.75, 3.05) is 25.0 Å². The Hall–Kier alpha value is -3.45. The van der Waals surface area contributed by atoms with Crippen LogP contribution in [0.2, 0.25) is 0 Å². The first-order chi connectivity index (χ1) is 18.4. The molecule has 3 aromatic rings. The van der Waals surface area contributed by atoms with Crippen molar-refractivity contribution in [3.63, 3.8) is 0 Å². The van der Waals surface area contributed by atoms with Gasteiger partial charge in [-0.1, -0.05) is 23.5 Å². The highest BCUT2D eigenvalue weighted by Crippen LogP contribution is 2.43. The summed E-state index contributed by atoms with van der Waals surface area (Å²) in [4.78, 5) is 8.98. The number of aromatic nitrogens is 1. The van der Waals surface area contributed by atoms with E-state index in [0.29, 0.717) is 39.0 Å². The van der Waals surface area contributed by atoms with Crippen molar-refractivity contribution in [1.29, 1.82) is 0 Å². The van der Waals surface area contributed by atoms with E-state index in [4.69, 9.17) is 0 Å². The Labute approximate surface area is 222 Å². The summed E-state index contributed by atoms with van der Waals surface area (Å²) in [6.07, 6.45) is -7.87. The number of alkyl halides is 6. The number of benzene rings is 2. The molecule has 204 valence electrons. The molecule has 0 spiro atoms. The molecule has 4 heterocycles. The van der Waals surface area contributed by atoms with Crippen molar-refractivity contribution in [3.05, 3.63) is 74.1 Å². The molecule has 6 rings (SSSR count). The summed E-state index contributed by atoms with van der Waals surface area (Å²) in [6.45, 7) is 1.56.